The van der Waals surface area contributed by atoms with Gasteiger partial charge in [-0.05, 0) is 57.8 Å². The minimum absolute atomic E-state index is 0.00552. The Balaban J connectivity index is 3.46. The summed E-state index contributed by atoms with van der Waals surface area (Å²) in [5.41, 5.74) is 0. The molecule has 74 heavy (non-hydrogen) atoms. The van der Waals surface area contributed by atoms with Crippen molar-refractivity contribution in [2.45, 2.75) is 386 Å². The van der Waals surface area contributed by atoms with Crippen molar-refractivity contribution in [1.82, 2.24) is 5.32 Å². The summed E-state index contributed by atoms with van der Waals surface area (Å²) in [7, 11) is 0. The van der Waals surface area contributed by atoms with Gasteiger partial charge in [0, 0.05) is 12.8 Å². The van der Waals surface area contributed by atoms with Gasteiger partial charge in [0.2, 0.25) is 5.91 Å². The van der Waals surface area contributed by atoms with E-state index < -0.39 is 12.1 Å². The van der Waals surface area contributed by atoms with Gasteiger partial charge >= 0.3 is 5.97 Å². The van der Waals surface area contributed by atoms with Crippen LogP contribution in [-0.4, -0.2) is 47.4 Å². The molecule has 2 atom stereocenters. The SMILES string of the molecule is CCCCCCCCCCCCCCCCCCCCCCCCC/C=C/C(O)C(CO)NC(=O)CCCCCCCCC/C=C\CCCCCCCCCCOC(=O)CCCCCCCCCCCCCCC. The quantitative estimate of drug-likeness (QED) is 0.0320. The Hall–Kier alpha value is -1.66. The van der Waals surface area contributed by atoms with E-state index in [9.17, 15) is 19.8 Å². The summed E-state index contributed by atoms with van der Waals surface area (Å²) in [4.78, 5) is 24.6. The van der Waals surface area contributed by atoms with E-state index in [1.165, 1.54) is 295 Å². The number of aliphatic hydroxyl groups excluding tert-OH is 2. The zero-order valence-electron chi connectivity index (χ0n) is 50.1. The van der Waals surface area contributed by atoms with E-state index in [-0.39, 0.29) is 18.5 Å². The van der Waals surface area contributed by atoms with Crippen molar-refractivity contribution in [2.75, 3.05) is 13.2 Å². The topological polar surface area (TPSA) is 95.9 Å². The van der Waals surface area contributed by atoms with Crippen LogP contribution >= 0.6 is 0 Å². The van der Waals surface area contributed by atoms with Gasteiger partial charge in [0.25, 0.3) is 0 Å². The van der Waals surface area contributed by atoms with E-state index >= 15 is 0 Å². The fourth-order valence-corrected chi connectivity index (χ4v) is 10.6. The first-order valence-corrected chi connectivity index (χ1v) is 33.6. The third-order valence-corrected chi connectivity index (χ3v) is 15.7. The van der Waals surface area contributed by atoms with E-state index in [0.717, 1.165) is 51.4 Å². The number of hydrogen-bond donors (Lipinski definition) is 3. The lowest BCUT2D eigenvalue weighted by atomic mass is 10.0. The molecule has 0 saturated heterocycles. The van der Waals surface area contributed by atoms with Crippen LogP contribution in [0, 0.1) is 0 Å². The van der Waals surface area contributed by atoms with Crippen molar-refractivity contribution < 1.29 is 24.5 Å². The fourth-order valence-electron chi connectivity index (χ4n) is 10.6. The molecule has 0 aliphatic heterocycles. The summed E-state index contributed by atoms with van der Waals surface area (Å²) >= 11 is 0. The Bertz CT molecular complexity index is 1150. The number of ether oxygens (including phenoxy) is 1. The van der Waals surface area contributed by atoms with Crippen molar-refractivity contribution in [3.8, 4) is 0 Å². The van der Waals surface area contributed by atoms with E-state index in [1.54, 1.807) is 6.08 Å². The molecule has 6 heteroatoms. The van der Waals surface area contributed by atoms with Gasteiger partial charge in [-0.2, -0.15) is 0 Å². The predicted molar refractivity (Wildman–Crippen MR) is 324 cm³/mol. The minimum Gasteiger partial charge on any atom is -0.466 e. The van der Waals surface area contributed by atoms with Crippen molar-refractivity contribution >= 4 is 11.9 Å². The smallest absolute Gasteiger partial charge is 0.305 e. The molecule has 0 aromatic carbocycles. The molecule has 0 aromatic heterocycles. The highest BCUT2D eigenvalue weighted by atomic mass is 16.5. The Morgan fingerprint density at radius 3 is 0.959 bits per heavy atom. The second kappa shape index (κ2) is 63.9. The number of carbonyl (C=O) groups is 2. The molecule has 438 valence electrons. The van der Waals surface area contributed by atoms with Gasteiger partial charge in [0.05, 0.1) is 25.4 Å². The standard InChI is InChI=1S/C68H131NO5/c1-3-5-7-9-11-13-15-17-18-19-20-21-22-23-24-25-27-30-33-37-40-44-48-52-56-60-66(71)65(64-70)69-67(72)61-57-53-49-45-41-38-34-31-28-26-29-32-35-39-43-47-51-55-59-63-74-68(73)62-58-54-50-46-42-36-16-14-12-10-8-6-4-2/h26,28,56,60,65-66,70-71H,3-25,27,29-55,57-59,61-64H2,1-2H3,(H,69,72)/b28-26-,60-56+. The molecule has 0 aromatic rings. The summed E-state index contributed by atoms with van der Waals surface area (Å²) in [5, 5.41) is 23.2. The second-order valence-corrected chi connectivity index (χ2v) is 23.2. The van der Waals surface area contributed by atoms with Crippen molar-refractivity contribution in [1.29, 1.82) is 0 Å². The predicted octanol–water partition coefficient (Wildman–Crippen LogP) is 21.4. The number of allylic oxidation sites excluding steroid dienone is 3. The molecular weight excluding hydrogens is 911 g/mol. The molecule has 0 rings (SSSR count). The van der Waals surface area contributed by atoms with Crippen molar-refractivity contribution in [3.05, 3.63) is 24.3 Å². The maximum Gasteiger partial charge on any atom is 0.305 e. The molecule has 1 amide bonds. The summed E-state index contributed by atoms with van der Waals surface area (Å²) in [6.45, 7) is 4.92. The number of rotatable bonds is 63. The molecule has 2 unspecified atom stereocenters. The van der Waals surface area contributed by atoms with Crippen LogP contribution in [0.3, 0.4) is 0 Å². The van der Waals surface area contributed by atoms with Gasteiger partial charge in [0.1, 0.15) is 0 Å². The van der Waals surface area contributed by atoms with Gasteiger partial charge < -0.3 is 20.3 Å². The van der Waals surface area contributed by atoms with Gasteiger partial charge in [-0.1, -0.05) is 327 Å². The highest BCUT2D eigenvalue weighted by molar-refractivity contribution is 5.76. The van der Waals surface area contributed by atoms with Crippen LogP contribution in [0.1, 0.15) is 373 Å². The van der Waals surface area contributed by atoms with Crippen LogP contribution in [0.2, 0.25) is 0 Å². The zero-order chi connectivity index (χ0) is 53.6. The van der Waals surface area contributed by atoms with E-state index in [2.05, 4.69) is 31.3 Å². The average molecular weight is 1040 g/mol. The average Bonchev–Trinajstić information content (AvgIpc) is 3.40. The molecule has 0 bridgehead atoms. The first-order chi connectivity index (χ1) is 36.5. The van der Waals surface area contributed by atoms with Crippen LogP contribution in [-0.2, 0) is 14.3 Å². The number of esters is 1. The molecule has 0 aliphatic rings. The van der Waals surface area contributed by atoms with Crippen LogP contribution in [0.4, 0.5) is 0 Å². The lowest BCUT2D eigenvalue weighted by Crippen LogP contribution is -2.45. The molecule has 0 saturated carbocycles. The molecule has 0 heterocycles. The Kier molecular flexibility index (Phi) is 62.4. The Morgan fingerprint density at radius 2 is 0.635 bits per heavy atom. The third-order valence-electron chi connectivity index (χ3n) is 15.7. The van der Waals surface area contributed by atoms with Gasteiger partial charge in [0.15, 0.2) is 0 Å². The highest BCUT2D eigenvalue weighted by Gasteiger charge is 2.18. The largest absolute Gasteiger partial charge is 0.466 e. The lowest BCUT2D eigenvalue weighted by Gasteiger charge is -2.20. The number of amides is 1. The summed E-state index contributed by atoms with van der Waals surface area (Å²) in [6.07, 6.45) is 79.5. The van der Waals surface area contributed by atoms with Crippen LogP contribution in [0.15, 0.2) is 24.3 Å². The van der Waals surface area contributed by atoms with E-state index in [1.807, 2.05) is 6.08 Å². The molecule has 3 N–H and O–H groups in total. The third kappa shape index (κ3) is 59.6. The first kappa shape index (κ1) is 72.3. The number of hydrogen-bond acceptors (Lipinski definition) is 5. The number of carbonyl (C=O) groups excluding carboxylic acids is 2. The van der Waals surface area contributed by atoms with E-state index in [0.29, 0.717) is 19.4 Å². The maximum absolute atomic E-state index is 12.5. The number of unbranched alkanes of at least 4 members (excludes halogenated alkanes) is 50. The normalized spacial score (nSPS) is 12.6. The van der Waals surface area contributed by atoms with Gasteiger partial charge in [-0.25, -0.2) is 0 Å². The number of aliphatic hydroxyl groups is 2. The Morgan fingerprint density at radius 1 is 0.365 bits per heavy atom. The maximum atomic E-state index is 12.5. The summed E-state index contributed by atoms with van der Waals surface area (Å²) in [6, 6.07) is -0.636. The highest BCUT2D eigenvalue weighted by Crippen LogP contribution is 2.18. The second-order valence-electron chi connectivity index (χ2n) is 23.2. The van der Waals surface area contributed by atoms with E-state index in [4.69, 9.17) is 4.74 Å². The fraction of sp³-hybridized carbons (Fsp3) is 0.912. The van der Waals surface area contributed by atoms with Crippen LogP contribution in [0.25, 0.3) is 0 Å². The zero-order valence-corrected chi connectivity index (χ0v) is 50.1. The number of nitrogens with one attached hydrogen (secondary N) is 1. The lowest BCUT2D eigenvalue weighted by molar-refractivity contribution is -0.143. The van der Waals surface area contributed by atoms with Crippen LogP contribution in [0.5, 0.6) is 0 Å². The summed E-state index contributed by atoms with van der Waals surface area (Å²) in [5.74, 6) is -0.0679. The first-order valence-electron chi connectivity index (χ1n) is 33.6. The van der Waals surface area contributed by atoms with Gasteiger partial charge in [-0.15, -0.1) is 0 Å². The summed E-state index contributed by atoms with van der Waals surface area (Å²) < 4.78 is 5.48. The monoisotopic (exact) mass is 1040 g/mol. The molecule has 0 aliphatic carbocycles. The van der Waals surface area contributed by atoms with Crippen molar-refractivity contribution in [2.24, 2.45) is 0 Å². The molecule has 0 spiro atoms. The Labute approximate surface area is 462 Å². The van der Waals surface area contributed by atoms with Crippen molar-refractivity contribution in [3.63, 3.8) is 0 Å². The van der Waals surface area contributed by atoms with Crippen LogP contribution < -0.4 is 5.32 Å². The molecule has 0 fully saturated rings. The molecule has 6 nitrogen and oxygen atoms in total. The molecular formula is C68H131NO5. The minimum atomic E-state index is -0.852. The van der Waals surface area contributed by atoms with Gasteiger partial charge in [-0.3, -0.25) is 9.59 Å². The molecule has 0 radical (unpaired) electrons.